The second-order valence-electron chi connectivity index (χ2n) is 3.16. The van der Waals surface area contributed by atoms with Crippen LogP contribution in [0.3, 0.4) is 0 Å². The van der Waals surface area contributed by atoms with Crippen molar-refractivity contribution in [3.8, 4) is 5.75 Å². The van der Waals surface area contributed by atoms with Gasteiger partial charge < -0.3 is 9.84 Å². The molecular weight excluding hydrogens is 184 g/mol. The highest BCUT2D eigenvalue weighted by Gasteiger charge is 2.27. The first-order valence-corrected chi connectivity index (χ1v) is 4.13. The van der Waals surface area contributed by atoms with E-state index < -0.39 is 5.97 Å². The number of phenolic OH excluding ortho intramolecular Hbond substituents is 1. The van der Waals surface area contributed by atoms with E-state index in [0.717, 1.165) is 0 Å². The van der Waals surface area contributed by atoms with Crippen molar-refractivity contribution in [2.24, 2.45) is 0 Å². The lowest BCUT2D eigenvalue weighted by molar-refractivity contribution is 0.0533. The third kappa shape index (κ3) is 1.00. The molecule has 0 fully saturated rings. The van der Waals surface area contributed by atoms with Crippen molar-refractivity contribution in [2.75, 3.05) is 0 Å². The van der Waals surface area contributed by atoms with E-state index >= 15 is 0 Å². The number of aldehydes is 1. The molecule has 0 amide bonds. The van der Waals surface area contributed by atoms with Crippen LogP contribution in [-0.2, 0) is 11.3 Å². The largest absolute Gasteiger partial charge is 0.507 e. The normalized spacial score (nSPS) is 13.6. The van der Waals surface area contributed by atoms with Gasteiger partial charge in [-0.05, 0) is 18.6 Å². The van der Waals surface area contributed by atoms with Crippen LogP contribution in [0.25, 0.3) is 0 Å². The summed E-state index contributed by atoms with van der Waals surface area (Å²) in [6.45, 7) is 1.86. The lowest BCUT2D eigenvalue weighted by Gasteiger charge is -2.05. The summed E-state index contributed by atoms with van der Waals surface area (Å²) in [7, 11) is 0. The quantitative estimate of drug-likeness (QED) is 0.536. The molecule has 1 aliphatic heterocycles. The fraction of sp³-hybridized carbons (Fsp3) is 0.200. The van der Waals surface area contributed by atoms with E-state index in [9.17, 15) is 14.7 Å². The number of ether oxygens (including phenoxy) is 1. The highest BCUT2D eigenvalue weighted by atomic mass is 16.5. The third-order valence-electron chi connectivity index (χ3n) is 2.41. The van der Waals surface area contributed by atoms with Crippen LogP contribution in [0, 0.1) is 6.92 Å². The molecule has 14 heavy (non-hydrogen) atoms. The summed E-state index contributed by atoms with van der Waals surface area (Å²) >= 11 is 0. The first-order valence-electron chi connectivity index (χ1n) is 4.13. The second kappa shape index (κ2) is 2.83. The van der Waals surface area contributed by atoms with E-state index in [1.54, 1.807) is 6.92 Å². The van der Waals surface area contributed by atoms with Gasteiger partial charge in [-0.15, -0.1) is 0 Å². The number of carbonyl (C=O) groups is 2. The van der Waals surface area contributed by atoms with Gasteiger partial charge in [0.05, 0.1) is 0 Å². The Morgan fingerprint density at radius 1 is 1.57 bits per heavy atom. The molecule has 0 saturated heterocycles. The van der Waals surface area contributed by atoms with Crippen LogP contribution in [0.15, 0.2) is 6.07 Å². The number of phenols is 1. The van der Waals surface area contributed by atoms with Gasteiger partial charge in [-0.3, -0.25) is 4.79 Å². The summed E-state index contributed by atoms with van der Waals surface area (Å²) in [5.41, 5.74) is 1.88. The van der Waals surface area contributed by atoms with Crippen molar-refractivity contribution in [3.05, 3.63) is 28.3 Å². The Balaban J connectivity index is 2.76. The minimum absolute atomic E-state index is 0.134. The highest BCUT2D eigenvalue weighted by molar-refractivity contribution is 5.98. The fourth-order valence-corrected chi connectivity index (χ4v) is 1.58. The molecule has 4 nitrogen and oxygen atoms in total. The molecule has 1 aliphatic rings. The zero-order valence-corrected chi connectivity index (χ0v) is 7.53. The summed E-state index contributed by atoms with van der Waals surface area (Å²) in [6.07, 6.45) is 0.651. The molecule has 1 N–H and O–H groups in total. The Labute approximate surface area is 80.1 Å². The predicted molar refractivity (Wildman–Crippen MR) is 47.4 cm³/mol. The minimum atomic E-state index is -0.530. The minimum Gasteiger partial charge on any atom is -0.507 e. The number of benzene rings is 1. The van der Waals surface area contributed by atoms with Gasteiger partial charge in [-0.1, -0.05) is 0 Å². The van der Waals surface area contributed by atoms with Gasteiger partial charge in [0.25, 0.3) is 0 Å². The fourth-order valence-electron chi connectivity index (χ4n) is 1.58. The average Bonchev–Trinajstić information content (AvgIpc) is 2.54. The molecule has 0 aromatic heterocycles. The van der Waals surface area contributed by atoms with Crippen molar-refractivity contribution in [2.45, 2.75) is 13.5 Å². The monoisotopic (exact) mass is 192 g/mol. The number of esters is 1. The van der Waals surface area contributed by atoms with Gasteiger partial charge in [0.2, 0.25) is 0 Å². The highest BCUT2D eigenvalue weighted by Crippen LogP contribution is 2.32. The zero-order chi connectivity index (χ0) is 10.3. The predicted octanol–water partition coefficient (Wildman–Crippen LogP) is 1.18. The molecule has 1 aromatic carbocycles. The summed E-state index contributed by atoms with van der Waals surface area (Å²) < 4.78 is 4.77. The Hall–Kier alpha value is -1.84. The molecule has 0 bridgehead atoms. The van der Waals surface area contributed by atoms with E-state index in [2.05, 4.69) is 0 Å². The van der Waals surface area contributed by atoms with Crippen molar-refractivity contribution in [1.29, 1.82) is 0 Å². The molecule has 4 heteroatoms. The van der Waals surface area contributed by atoms with Crippen LogP contribution in [0.4, 0.5) is 0 Å². The first kappa shape index (κ1) is 8.74. The van der Waals surface area contributed by atoms with E-state index in [4.69, 9.17) is 4.74 Å². The number of fused-ring (bicyclic) bond motifs is 1. The van der Waals surface area contributed by atoms with Crippen LogP contribution in [0.5, 0.6) is 5.75 Å². The maximum Gasteiger partial charge on any atom is 0.342 e. The van der Waals surface area contributed by atoms with Crippen molar-refractivity contribution >= 4 is 12.3 Å². The standard InChI is InChI=1S/C10H8O4/c1-5-6(3-11)2-8(12)9-7(5)4-14-10(9)13/h2-3,12H,4H2,1H3. The summed E-state index contributed by atoms with van der Waals surface area (Å²) in [6, 6.07) is 1.29. The number of hydrogen-bond acceptors (Lipinski definition) is 4. The Morgan fingerprint density at radius 3 is 2.93 bits per heavy atom. The topological polar surface area (TPSA) is 63.6 Å². The molecule has 2 rings (SSSR count). The molecule has 0 atom stereocenters. The molecule has 0 unspecified atom stereocenters. The maximum absolute atomic E-state index is 11.2. The summed E-state index contributed by atoms with van der Waals surface area (Å²) in [5.74, 6) is -0.715. The van der Waals surface area contributed by atoms with Gasteiger partial charge in [0.15, 0.2) is 0 Å². The van der Waals surface area contributed by atoms with Gasteiger partial charge in [0, 0.05) is 11.1 Å². The van der Waals surface area contributed by atoms with Crippen molar-refractivity contribution < 1.29 is 19.4 Å². The van der Waals surface area contributed by atoms with E-state index in [-0.39, 0.29) is 17.9 Å². The SMILES string of the molecule is Cc1c(C=O)cc(O)c2c1COC2=O. The molecule has 72 valence electrons. The number of cyclic esters (lactones) is 1. The Morgan fingerprint density at radius 2 is 2.29 bits per heavy atom. The summed E-state index contributed by atoms with van der Waals surface area (Å²) in [5, 5.41) is 9.48. The van der Waals surface area contributed by atoms with Crippen molar-refractivity contribution in [3.63, 3.8) is 0 Å². The number of rotatable bonds is 1. The maximum atomic E-state index is 11.2. The van der Waals surface area contributed by atoms with E-state index in [0.29, 0.717) is 23.0 Å². The third-order valence-corrected chi connectivity index (χ3v) is 2.41. The zero-order valence-electron chi connectivity index (χ0n) is 7.53. The van der Waals surface area contributed by atoms with Crippen LogP contribution in [-0.4, -0.2) is 17.4 Å². The van der Waals surface area contributed by atoms with Gasteiger partial charge in [-0.2, -0.15) is 0 Å². The molecule has 0 spiro atoms. The Bertz CT molecular complexity index is 434. The molecule has 1 aromatic rings. The lowest BCUT2D eigenvalue weighted by atomic mass is 9.98. The number of aromatic hydroxyl groups is 1. The van der Waals surface area contributed by atoms with Crippen LogP contribution in [0.1, 0.15) is 31.8 Å². The first-order chi connectivity index (χ1) is 6.65. The van der Waals surface area contributed by atoms with Crippen LogP contribution < -0.4 is 0 Å². The smallest absolute Gasteiger partial charge is 0.342 e. The van der Waals surface area contributed by atoms with Gasteiger partial charge in [-0.25, -0.2) is 4.79 Å². The number of carbonyl (C=O) groups excluding carboxylic acids is 2. The summed E-state index contributed by atoms with van der Waals surface area (Å²) in [4.78, 5) is 21.8. The number of hydrogen-bond donors (Lipinski definition) is 1. The van der Waals surface area contributed by atoms with Gasteiger partial charge in [0.1, 0.15) is 24.2 Å². The Kier molecular flexibility index (Phi) is 1.77. The second-order valence-corrected chi connectivity index (χ2v) is 3.16. The molecule has 0 aliphatic carbocycles. The van der Waals surface area contributed by atoms with E-state index in [1.807, 2.05) is 0 Å². The molecule has 0 saturated carbocycles. The van der Waals surface area contributed by atoms with Crippen molar-refractivity contribution in [1.82, 2.24) is 0 Å². The molecule has 1 heterocycles. The molecule has 0 radical (unpaired) electrons. The lowest BCUT2D eigenvalue weighted by Crippen LogP contribution is -1.98. The van der Waals surface area contributed by atoms with Crippen LogP contribution >= 0.6 is 0 Å². The average molecular weight is 192 g/mol. The van der Waals surface area contributed by atoms with Gasteiger partial charge >= 0.3 is 5.97 Å². The molecular formula is C10H8O4. The van der Waals surface area contributed by atoms with Crippen LogP contribution in [0.2, 0.25) is 0 Å². The van der Waals surface area contributed by atoms with E-state index in [1.165, 1.54) is 6.07 Å².